The molecule has 2 fully saturated rings. The Morgan fingerprint density at radius 2 is 1.67 bits per heavy atom. The average Bonchev–Trinajstić information content (AvgIpc) is 3.06. The third-order valence-corrected chi connectivity index (χ3v) is 3.83. The molecule has 88 valence electrons. The van der Waals surface area contributed by atoms with Gasteiger partial charge in [0.25, 0.3) is 0 Å². The maximum absolute atomic E-state index is 5.59. The summed E-state index contributed by atoms with van der Waals surface area (Å²) in [6, 6.07) is 0.759. The number of hydrogen-bond acceptors (Lipinski definition) is 2. The van der Waals surface area contributed by atoms with Gasteiger partial charge in [0.15, 0.2) is 0 Å². The van der Waals surface area contributed by atoms with E-state index >= 15 is 0 Å². The third kappa shape index (κ3) is 4.12. The summed E-state index contributed by atoms with van der Waals surface area (Å²) in [4.78, 5) is 2.74. The molecule has 15 heavy (non-hydrogen) atoms. The van der Waals surface area contributed by atoms with Gasteiger partial charge >= 0.3 is 0 Å². The van der Waals surface area contributed by atoms with Gasteiger partial charge in [-0.25, -0.2) is 0 Å². The molecule has 2 saturated carbocycles. The zero-order chi connectivity index (χ0) is 10.7. The fourth-order valence-electron chi connectivity index (χ4n) is 2.29. The van der Waals surface area contributed by atoms with E-state index in [0.717, 1.165) is 24.4 Å². The van der Waals surface area contributed by atoms with Gasteiger partial charge in [-0.1, -0.05) is 0 Å². The molecule has 0 spiro atoms. The highest BCUT2D eigenvalue weighted by atomic mass is 15.2. The van der Waals surface area contributed by atoms with Crippen LogP contribution in [0.15, 0.2) is 0 Å². The molecular weight excluding hydrogens is 184 g/mol. The molecule has 0 heterocycles. The highest BCUT2D eigenvalue weighted by Crippen LogP contribution is 2.34. The van der Waals surface area contributed by atoms with Gasteiger partial charge in [-0.2, -0.15) is 0 Å². The predicted octanol–water partition coefficient (Wildman–Crippen LogP) is 2.24. The monoisotopic (exact) mass is 210 g/mol. The average molecular weight is 210 g/mol. The van der Waals surface area contributed by atoms with E-state index < -0.39 is 0 Å². The molecule has 2 nitrogen and oxygen atoms in total. The summed E-state index contributed by atoms with van der Waals surface area (Å²) in [5, 5.41) is 0. The lowest BCUT2D eigenvalue weighted by atomic mass is 10.1. The Morgan fingerprint density at radius 3 is 2.07 bits per heavy atom. The molecule has 0 aromatic rings. The minimum Gasteiger partial charge on any atom is -0.330 e. The van der Waals surface area contributed by atoms with Crippen molar-refractivity contribution in [3.63, 3.8) is 0 Å². The maximum Gasteiger partial charge on any atom is 0.00676 e. The first kappa shape index (κ1) is 11.4. The Hall–Kier alpha value is -0.0800. The molecule has 0 amide bonds. The molecule has 0 aliphatic heterocycles. The second kappa shape index (κ2) is 5.31. The summed E-state index contributed by atoms with van der Waals surface area (Å²) in [6.07, 6.45) is 8.38. The zero-order valence-electron chi connectivity index (χ0n) is 10.1. The minimum absolute atomic E-state index is 0.759. The standard InChI is InChI=1S/C13H26N2/c1-11(3-2-8-14)15(9-12-4-5-12)10-13-6-7-13/h11-13H,2-10,14H2,1H3. The van der Waals surface area contributed by atoms with Crippen molar-refractivity contribution < 1.29 is 0 Å². The molecule has 0 saturated heterocycles. The van der Waals surface area contributed by atoms with Crippen LogP contribution in [-0.2, 0) is 0 Å². The van der Waals surface area contributed by atoms with Gasteiger partial charge < -0.3 is 10.6 Å². The molecule has 0 bridgehead atoms. The molecule has 2 heteroatoms. The van der Waals surface area contributed by atoms with Crippen LogP contribution in [0.25, 0.3) is 0 Å². The first-order valence-electron chi connectivity index (χ1n) is 6.73. The van der Waals surface area contributed by atoms with Crippen molar-refractivity contribution in [3.05, 3.63) is 0 Å². The molecule has 2 aliphatic rings. The molecule has 1 unspecified atom stereocenters. The Balaban J connectivity index is 1.72. The summed E-state index contributed by atoms with van der Waals surface area (Å²) in [5.41, 5.74) is 5.59. The Kier molecular flexibility index (Phi) is 4.04. The van der Waals surface area contributed by atoms with E-state index in [1.807, 2.05) is 0 Å². The molecule has 0 radical (unpaired) electrons. The van der Waals surface area contributed by atoms with Gasteiger partial charge in [-0.15, -0.1) is 0 Å². The molecule has 0 aromatic heterocycles. The van der Waals surface area contributed by atoms with Gasteiger partial charge in [0.2, 0.25) is 0 Å². The molecule has 2 N–H and O–H groups in total. The number of nitrogens with zero attached hydrogens (tertiary/aromatic N) is 1. The Labute approximate surface area is 94.2 Å². The predicted molar refractivity (Wildman–Crippen MR) is 64.8 cm³/mol. The van der Waals surface area contributed by atoms with Crippen molar-refractivity contribution in [2.75, 3.05) is 19.6 Å². The number of nitrogens with two attached hydrogens (primary N) is 1. The van der Waals surface area contributed by atoms with Crippen molar-refractivity contribution in [3.8, 4) is 0 Å². The second-order valence-electron chi connectivity index (χ2n) is 5.62. The third-order valence-electron chi connectivity index (χ3n) is 3.83. The fourth-order valence-corrected chi connectivity index (χ4v) is 2.29. The smallest absolute Gasteiger partial charge is 0.00676 e. The van der Waals surface area contributed by atoms with E-state index in [1.165, 1.54) is 51.6 Å². The summed E-state index contributed by atoms with van der Waals surface area (Å²) >= 11 is 0. The minimum atomic E-state index is 0.759. The van der Waals surface area contributed by atoms with Gasteiger partial charge in [-0.3, -0.25) is 0 Å². The van der Waals surface area contributed by atoms with Crippen LogP contribution >= 0.6 is 0 Å². The van der Waals surface area contributed by atoms with Crippen LogP contribution in [0.5, 0.6) is 0 Å². The first-order valence-corrected chi connectivity index (χ1v) is 6.73. The van der Waals surface area contributed by atoms with Crippen LogP contribution in [0, 0.1) is 11.8 Å². The molecular formula is C13H26N2. The Bertz CT molecular complexity index is 171. The lowest BCUT2D eigenvalue weighted by molar-refractivity contribution is 0.182. The quantitative estimate of drug-likeness (QED) is 0.666. The van der Waals surface area contributed by atoms with E-state index in [0.29, 0.717) is 0 Å². The van der Waals surface area contributed by atoms with Crippen LogP contribution in [0.1, 0.15) is 45.4 Å². The van der Waals surface area contributed by atoms with Crippen molar-refractivity contribution >= 4 is 0 Å². The fraction of sp³-hybridized carbons (Fsp3) is 1.00. The highest BCUT2D eigenvalue weighted by Gasteiger charge is 2.30. The van der Waals surface area contributed by atoms with E-state index in [1.54, 1.807) is 0 Å². The van der Waals surface area contributed by atoms with Crippen LogP contribution < -0.4 is 5.73 Å². The zero-order valence-corrected chi connectivity index (χ0v) is 10.1. The van der Waals surface area contributed by atoms with Gasteiger partial charge in [0.05, 0.1) is 0 Å². The normalized spacial score (nSPS) is 23.4. The summed E-state index contributed by atoms with van der Waals surface area (Å²) in [7, 11) is 0. The van der Waals surface area contributed by atoms with E-state index in [4.69, 9.17) is 5.73 Å². The van der Waals surface area contributed by atoms with Crippen LogP contribution in [0.3, 0.4) is 0 Å². The Morgan fingerprint density at radius 1 is 1.13 bits per heavy atom. The van der Waals surface area contributed by atoms with Crippen LogP contribution in [0.4, 0.5) is 0 Å². The van der Waals surface area contributed by atoms with Crippen LogP contribution in [0.2, 0.25) is 0 Å². The van der Waals surface area contributed by atoms with Crippen LogP contribution in [-0.4, -0.2) is 30.6 Å². The van der Waals surface area contributed by atoms with E-state index in [2.05, 4.69) is 11.8 Å². The number of rotatable bonds is 8. The largest absolute Gasteiger partial charge is 0.330 e. The van der Waals surface area contributed by atoms with Crippen molar-refractivity contribution in [1.29, 1.82) is 0 Å². The van der Waals surface area contributed by atoms with Gasteiger partial charge in [0, 0.05) is 19.1 Å². The lowest BCUT2D eigenvalue weighted by Gasteiger charge is -2.29. The summed E-state index contributed by atoms with van der Waals surface area (Å²) in [5.74, 6) is 2.06. The lowest BCUT2D eigenvalue weighted by Crippen LogP contribution is -2.36. The maximum atomic E-state index is 5.59. The SMILES string of the molecule is CC(CCCN)N(CC1CC1)CC1CC1. The van der Waals surface area contributed by atoms with Gasteiger partial charge in [0.1, 0.15) is 0 Å². The van der Waals surface area contributed by atoms with Crippen molar-refractivity contribution in [2.45, 2.75) is 51.5 Å². The second-order valence-corrected chi connectivity index (χ2v) is 5.62. The molecule has 2 rings (SSSR count). The van der Waals surface area contributed by atoms with E-state index in [9.17, 15) is 0 Å². The molecule has 0 aromatic carbocycles. The molecule has 2 aliphatic carbocycles. The van der Waals surface area contributed by atoms with Gasteiger partial charge in [-0.05, 0) is 63.8 Å². The summed E-state index contributed by atoms with van der Waals surface area (Å²) < 4.78 is 0. The summed E-state index contributed by atoms with van der Waals surface area (Å²) in [6.45, 7) is 5.97. The van der Waals surface area contributed by atoms with Crippen molar-refractivity contribution in [2.24, 2.45) is 17.6 Å². The molecule has 1 atom stereocenters. The highest BCUT2D eigenvalue weighted by molar-refractivity contribution is 4.84. The van der Waals surface area contributed by atoms with Crippen molar-refractivity contribution in [1.82, 2.24) is 4.90 Å². The topological polar surface area (TPSA) is 29.3 Å². The number of hydrogen-bond donors (Lipinski definition) is 1. The van der Waals surface area contributed by atoms with E-state index in [-0.39, 0.29) is 0 Å². The first-order chi connectivity index (χ1) is 7.29.